The standard InChI is InChI=1S/C29H42N2O3S2/c1-8-31(9-2)28-27(25-16-18-26(34-7)19-17-25)29(36(32,33)30-28)35-21-20-24(6)15-11-14-23(5)13-10-12-22(3)4/h12,14,16-20H,8-11,13,15,21H2,1-7H3/b23-14+,24-20+. The van der Waals surface area contributed by atoms with Crippen LogP contribution < -0.4 is 4.74 Å². The smallest absolute Gasteiger partial charge is 0.291 e. The van der Waals surface area contributed by atoms with E-state index in [4.69, 9.17) is 4.74 Å². The molecule has 0 saturated carbocycles. The number of sulfonamides is 1. The molecule has 2 rings (SSSR count). The van der Waals surface area contributed by atoms with E-state index in [-0.39, 0.29) is 0 Å². The monoisotopic (exact) mass is 530 g/mol. The van der Waals surface area contributed by atoms with Crippen molar-refractivity contribution in [1.82, 2.24) is 4.90 Å². The van der Waals surface area contributed by atoms with Gasteiger partial charge in [-0.15, -0.1) is 16.2 Å². The molecule has 0 N–H and O–H groups in total. The van der Waals surface area contributed by atoms with Gasteiger partial charge in [0, 0.05) is 18.8 Å². The number of methoxy groups -OCH3 is 1. The maximum atomic E-state index is 13.1. The SMILES string of the molecule is CCN(CC)C1=NS(=O)(=O)C(SC/C=C(\C)CC/C=C(\C)CCC=C(C)C)=C1c1ccc(OC)cc1. The van der Waals surface area contributed by atoms with Crippen molar-refractivity contribution in [3.63, 3.8) is 0 Å². The fourth-order valence-corrected chi connectivity index (χ4v) is 6.68. The number of thioether (sulfide) groups is 1. The molecule has 0 aliphatic carbocycles. The summed E-state index contributed by atoms with van der Waals surface area (Å²) >= 11 is 1.35. The number of likely N-dealkylation sites (N-methyl/N-ethyl adjacent to an activating group) is 1. The van der Waals surface area contributed by atoms with Gasteiger partial charge in [-0.2, -0.15) is 8.42 Å². The number of hydrogen-bond acceptors (Lipinski definition) is 5. The third kappa shape index (κ3) is 8.70. The molecule has 0 bridgehead atoms. The van der Waals surface area contributed by atoms with Gasteiger partial charge in [0.1, 0.15) is 9.99 Å². The van der Waals surface area contributed by atoms with Crippen LogP contribution in [0.2, 0.25) is 0 Å². The van der Waals surface area contributed by atoms with Gasteiger partial charge in [-0.05, 0) is 84.9 Å². The summed E-state index contributed by atoms with van der Waals surface area (Å²) in [7, 11) is -2.12. The van der Waals surface area contributed by atoms with Crippen LogP contribution in [0.5, 0.6) is 5.75 Å². The number of nitrogens with zero attached hydrogens (tertiary/aromatic N) is 2. The van der Waals surface area contributed by atoms with E-state index in [2.05, 4.69) is 50.3 Å². The Hall–Kier alpha value is -2.25. The van der Waals surface area contributed by atoms with Crippen LogP contribution in [0.3, 0.4) is 0 Å². The van der Waals surface area contributed by atoms with Crippen LogP contribution in [0.15, 0.2) is 67.8 Å². The van der Waals surface area contributed by atoms with Crippen molar-refractivity contribution in [1.29, 1.82) is 0 Å². The Morgan fingerprint density at radius 2 is 1.53 bits per heavy atom. The minimum absolute atomic E-state index is 0.327. The first kappa shape index (κ1) is 30.0. The van der Waals surface area contributed by atoms with Crippen LogP contribution in [0.1, 0.15) is 72.8 Å². The highest BCUT2D eigenvalue weighted by atomic mass is 32.3. The molecular formula is C29H42N2O3S2. The molecule has 0 radical (unpaired) electrons. The predicted octanol–water partition coefficient (Wildman–Crippen LogP) is 7.60. The van der Waals surface area contributed by atoms with Crippen molar-refractivity contribution in [2.75, 3.05) is 26.0 Å². The second kappa shape index (κ2) is 14.5. The molecule has 7 heteroatoms. The number of ether oxygens (including phenoxy) is 1. The van der Waals surface area contributed by atoms with Crippen molar-refractivity contribution >= 4 is 33.2 Å². The molecule has 0 amide bonds. The zero-order valence-electron chi connectivity index (χ0n) is 22.9. The van der Waals surface area contributed by atoms with Crippen LogP contribution in [0.4, 0.5) is 0 Å². The lowest BCUT2D eigenvalue weighted by molar-refractivity contribution is 0.415. The highest BCUT2D eigenvalue weighted by Crippen LogP contribution is 2.40. The van der Waals surface area contributed by atoms with Crippen LogP contribution in [-0.4, -0.2) is 45.1 Å². The second-order valence-electron chi connectivity index (χ2n) is 9.22. The van der Waals surface area contributed by atoms with Gasteiger partial charge in [-0.3, -0.25) is 0 Å². The summed E-state index contributed by atoms with van der Waals surface area (Å²) in [6, 6.07) is 7.52. The fraction of sp³-hybridized carbons (Fsp3) is 0.483. The molecule has 198 valence electrons. The van der Waals surface area contributed by atoms with Crippen LogP contribution in [0, 0.1) is 0 Å². The van der Waals surface area contributed by atoms with E-state index in [0.717, 1.165) is 37.0 Å². The van der Waals surface area contributed by atoms with Crippen LogP contribution in [0.25, 0.3) is 5.57 Å². The zero-order valence-corrected chi connectivity index (χ0v) is 24.6. The topological polar surface area (TPSA) is 59.0 Å². The molecule has 1 heterocycles. The van der Waals surface area contributed by atoms with Crippen molar-refractivity contribution in [3.05, 3.63) is 69.0 Å². The van der Waals surface area contributed by atoms with E-state index in [0.29, 0.717) is 34.5 Å². The van der Waals surface area contributed by atoms with Crippen molar-refractivity contribution < 1.29 is 13.2 Å². The molecule has 1 aromatic carbocycles. The highest BCUT2D eigenvalue weighted by Gasteiger charge is 2.35. The van der Waals surface area contributed by atoms with Crippen molar-refractivity contribution in [2.24, 2.45) is 4.40 Å². The van der Waals surface area contributed by atoms with Crippen molar-refractivity contribution in [3.8, 4) is 5.75 Å². The van der Waals surface area contributed by atoms with Crippen LogP contribution in [-0.2, 0) is 10.0 Å². The third-order valence-corrected chi connectivity index (χ3v) is 8.95. The van der Waals surface area contributed by atoms with E-state index < -0.39 is 10.0 Å². The summed E-state index contributed by atoms with van der Waals surface area (Å²) in [6.45, 7) is 14.0. The molecule has 0 unspecified atom stereocenters. The highest BCUT2D eigenvalue weighted by molar-refractivity contribution is 8.19. The van der Waals surface area contributed by atoms with Gasteiger partial charge in [0.05, 0.1) is 12.7 Å². The largest absolute Gasteiger partial charge is 0.497 e. The fourth-order valence-electron chi connectivity index (χ4n) is 3.91. The Bertz CT molecular complexity index is 1130. The van der Waals surface area contributed by atoms with E-state index in [1.54, 1.807) is 7.11 Å². The normalized spacial score (nSPS) is 15.7. The molecule has 0 fully saturated rings. The maximum absolute atomic E-state index is 13.1. The Morgan fingerprint density at radius 1 is 0.944 bits per heavy atom. The summed E-state index contributed by atoms with van der Waals surface area (Å²) in [5, 5.41) is 0. The average molecular weight is 531 g/mol. The summed E-state index contributed by atoms with van der Waals surface area (Å²) < 4.78 is 36.1. The molecule has 1 aliphatic rings. The molecule has 1 aliphatic heterocycles. The Labute approximate surface area is 223 Å². The molecule has 0 saturated heterocycles. The molecule has 1 aromatic rings. The second-order valence-corrected chi connectivity index (χ2v) is 12.1. The Balaban J connectivity index is 2.18. The summed E-state index contributed by atoms with van der Waals surface area (Å²) in [6.07, 6.45) is 10.9. The van der Waals surface area contributed by atoms with E-state index >= 15 is 0 Å². The van der Waals surface area contributed by atoms with E-state index in [1.165, 1.54) is 28.5 Å². The Kier molecular flexibility index (Phi) is 12.1. The first-order valence-electron chi connectivity index (χ1n) is 12.7. The first-order valence-corrected chi connectivity index (χ1v) is 15.1. The minimum atomic E-state index is -3.74. The first-order chi connectivity index (χ1) is 17.1. The zero-order chi connectivity index (χ0) is 26.7. The summed E-state index contributed by atoms with van der Waals surface area (Å²) in [5.74, 6) is 1.85. The van der Waals surface area contributed by atoms with Crippen molar-refractivity contribution in [2.45, 2.75) is 67.2 Å². The third-order valence-electron chi connectivity index (χ3n) is 6.08. The van der Waals surface area contributed by atoms with Gasteiger partial charge >= 0.3 is 0 Å². The number of allylic oxidation sites excluding steroid dienone is 5. The lowest BCUT2D eigenvalue weighted by atomic mass is 10.1. The number of amidine groups is 1. The quantitative estimate of drug-likeness (QED) is 0.246. The van der Waals surface area contributed by atoms with Gasteiger partial charge in [0.25, 0.3) is 10.0 Å². The molecule has 0 atom stereocenters. The predicted molar refractivity (Wildman–Crippen MR) is 157 cm³/mol. The Morgan fingerprint density at radius 3 is 2.08 bits per heavy atom. The summed E-state index contributed by atoms with van der Waals surface area (Å²) in [5.41, 5.74) is 5.57. The molecule has 5 nitrogen and oxygen atoms in total. The molecule has 0 spiro atoms. The van der Waals surface area contributed by atoms with Gasteiger partial charge in [0.2, 0.25) is 0 Å². The lowest BCUT2D eigenvalue weighted by Gasteiger charge is -2.22. The van der Waals surface area contributed by atoms with E-state index in [9.17, 15) is 8.42 Å². The lowest BCUT2D eigenvalue weighted by Crippen LogP contribution is -2.30. The maximum Gasteiger partial charge on any atom is 0.291 e. The molecule has 0 aromatic heterocycles. The van der Waals surface area contributed by atoms with Gasteiger partial charge in [-0.1, -0.05) is 47.1 Å². The van der Waals surface area contributed by atoms with Gasteiger partial charge < -0.3 is 9.64 Å². The minimum Gasteiger partial charge on any atom is -0.497 e. The average Bonchev–Trinajstić information content (AvgIpc) is 3.09. The number of hydrogen-bond donors (Lipinski definition) is 0. The van der Waals surface area contributed by atoms with Gasteiger partial charge in [-0.25, -0.2) is 0 Å². The molecular weight excluding hydrogens is 488 g/mol. The van der Waals surface area contributed by atoms with Gasteiger partial charge in [0.15, 0.2) is 5.84 Å². The number of rotatable bonds is 13. The van der Waals surface area contributed by atoms with E-state index in [1.807, 2.05) is 43.0 Å². The summed E-state index contributed by atoms with van der Waals surface area (Å²) in [4.78, 5) is 2.00. The molecule has 36 heavy (non-hydrogen) atoms. The van der Waals surface area contributed by atoms with Crippen LogP contribution >= 0.6 is 11.8 Å². The number of benzene rings is 1.